The van der Waals surface area contributed by atoms with Crippen LogP contribution in [0.3, 0.4) is 0 Å². The maximum atomic E-state index is 11.0. The van der Waals surface area contributed by atoms with Gasteiger partial charge in [-0.15, -0.1) is 0 Å². The number of aromatic nitrogens is 2. The number of aromatic carboxylic acids is 1. The Morgan fingerprint density at radius 2 is 2.11 bits per heavy atom. The second-order valence-electron chi connectivity index (χ2n) is 4.45. The molecule has 3 rings (SSSR count). The van der Waals surface area contributed by atoms with Gasteiger partial charge in [0.1, 0.15) is 0 Å². The van der Waals surface area contributed by atoms with E-state index in [4.69, 9.17) is 5.11 Å². The molecule has 1 aromatic carbocycles. The Labute approximate surface area is 109 Å². The highest BCUT2D eigenvalue weighted by Gasteiger charge is 2.09. The predicted molar refractivity (Wildman–Crippen MR) is 73.2 cm³/mol. The molecule has 0 spiro atoms. The quantitative estimate of drug-likeness (QED) is 0.735. The first-order valence-corrected chi connectivity index (χ1v) is 5.93. The number of aryl methyl sites for hydroxylation is 1. The molecule has 0 saturated heterocycles. The van der Waals surface area contributed by atoms with Crippen LogP contribution in [0, 0.1) is 6.92 Å². The molecule has 94 valence electrons. The van der Waals surface area contributed by atoms with E-state index in [0.29, 0.717) is 5.69 Å². The van der Waals surface area contributed by atoms with E-state index in [1.165, 1.54) is 17.8 Å². The smallest absolute Gasteiger partial charge is 0.335 e. The van der Waals surface area contributed by atoms with Crippen LogP contribution < -0.4 is 0 Å². The SMILES string of the molecule is Cc1cccc2[nH]c(-c3cc(C(=O)O)ccn3)cc12. The molecule has 4 heteroatoms. The summed E-state index contributed by atoms with van der Waals surface area (Å²) in [6.07, 6.45) is 1.51. The molecule has 0 aliphatic carbocycles. The first-order chi connectivity index (χ1) is 9.15. The zero-order valence-corrected chi connectivity index (χ0v) is 10.3. The van der Waals surface area contributed by atoms with Crippen LogP contribution in [-0.4, -0.2) is 21.0 Å². The van der Waals surface area contributed by atoms with Gasteiger partial charge in [0.05, 0.1) is 17.0 Å². The molecule has 0 bridgehead atoms. The summed E-state index contributed by atoms with van der Waals surface area (Å²) in [5, 5.41) is 10.1. The van der Waals surface area contributed by atoms with Gasteiger partial charge in [-0.05, 0) is 36.8 Å². The fourth-order valence-electron chi connectivity index (χ4n) is 2.16. The van der Waals surface area contributed by atoms with Gasteiger partial charge >= 0.3 is 5.97 Å². The lowest BCUT2D eigenvalue weighted by molar-refractivity contribution is 0.0697. The summed E-state index contributed by atoms with van der Waals surface area (Å²) in [6, 6.07) is 11.1. The Morgan fingerprint density at radius 1 is 1.26 bits per heavy atom. The van der Waals surface area contributed by atoms with Crippen molar-refractivity contribution < 1.29 is 9.90 Å². The van der Waals surface area contributed by atoms with Crippen LogP contribution in [0.15, 0.2) is 42.6 Å². The number of H-pyrrole nitrogens is 1. The van der Waals surface area contributed by atoms with Gasteiger partial charge in [-0.25, -0.2) is 4.79 Å². The van der Waals surface area contributed by atoms with Gasteiger partial charge in [0.25, 0.3) is 0 Å². The van der Waals surface area contributed by atoms with Crippen molar-refractivity contribution >= 4 is 16.9 Å². The Hall–Kier alpha value is -2.62. The number of aromatic amines is 1. The van der Waals surface area contributed by atoms with E-state index in [1.807, 2.05) is 31.2 Å². The van der Waals surface area contributed by atoms with Crippen molar-refractivity contribution in [1.82, 2.24) is 9.97 Å². The number of fused-ring (bicyclic) bond motifs is 1. The minimum absolute atomic E-state index is 0.236. The number of pyridine rings is 1. The lowest BCUT2D eigenvalue weighted by Gasteiger charge is -1.98. The second-order valence-corrected chi connectivity index (χ2v) is 4.45. The number of hydrogen-bond donors (Lipinski definition) is 2. The molecule has 19 heavy (non-hydrogen) atoms. The van der Waals surface area contributed by atoms with E-state index in [0.717, 1.165) is 16.6 Å². The van der Waals surface area contributed by atoms with Crippen LogP contribution in [-0.2, 0) is 0 Å². The largest absolute Gasteiger partial charge is 0.478 e. The van der Waals surface area contributed by atoms with Gasteiger partial charge in [-0.3, -0.25) is 4.98 Å². The van der Waals surface area contributed by atoms with Crippen molar-refractivity contribution in [2.24, 2.45) is 0 Å². The monoisotopic (exact) mass is 252 g/mol. The summed E-state index contributed by atoms with van der Waals surface area (Å²) in [4.78, 5) is 18.5. The number of benzene rings is 1. The topological polar surface area (TPSA) is 66.0 Å². The molecule has 2 aromatic heterocycles. The minimum atomic E-state index is -0.948. The Kier molecular flexibility index (Phi) is 2.56. The van der Waals surface area contributed by atoms with Gasteiger partial charge in [0.15, 0.2) is 0 Å². The van der Waals surface area contributed by atoms with Crippen molar-refractivity contribution in [3.05, 3.63) is 53.7 Å². The van der Waals surface area contributed by atoms with Crippen LogP contribution in [0.25, 0.3) is 22.3 Å². The van der Waals surface area contributed by atoms with E-state index < -0.39 is 5.97 Å². The first-order valence-electron chi connectivity index (χ1n) is 5.93. The Morgan fingerprint density at radius 3 is 2.84 bits per heavy atom. The molecular formula is C15H12N2O2. The normalized spacial score (nSPS) is 10.8. The number of carboxylic acid groups (broad SMARTS) is 1. The van der Waals surface area contributed by atoms with Gasteiger partial charge in [0, 0.05) is 17.1 Å². The highest BCUT2D eigenvalue weighted by molar-refractivity contribution is 5.91. The van der Waals surface area contributed by atoms with Crippen molar-refractivity contribution in [3.63, 3.8) is 0 Å². The lowest BCUT2D eigenvalue weighted by atomic mass is 10.1. The first kappa shape index (κ1) is 11.5. The predicted octanol–water partition coefficient (Wildman–Crippen LogP) is 3.24. The number of nitrogens with one attached hydrogen (secondary N) is 1. The molecule has 0 fully saturated rings. The lowest BCUT2D eigenvalue weighted by Crippen LogP contribution is -1.97. The molecule has 4 nitrogen and oxygen atoms in total. The molecule has 3 aromatic rings. The number of rotatable bonds is 2. The summed E-state index contributed by atoms with van der Waals surface area (Å²) in [6.45, 7) is 2.04. The van der Waals surface area contributed by atoms with Crippen LogP contribution in [0.4, 0.5) is 0 Å². The number of hydrogen-bond acceptors (Lipinski definition) is 2. The molecule has 0 amide bonds. The Balaban J connectivity index is 2.16. The number of carboxylic acids is 1. The third-order valence-electron chi connectivity index (χ3n) is 3.16. The van der Waals surface area contributed by atoms with E-state index in [2.05, 4.69) is 9.97 Å². The van der Waals surface area contributed by atoms with Crippen molar-refractivity contribution in [3.8, 4) is 11.4 Å². The molecule has 0 aliphatic rings. The maximum Gasteiger partial charge on any atom is 0.335 e. The van der Waals surface area contributed by atoms with Crippen molar-refractivity contribution in [1.29, 1.82) is 0 Å². The number of carbonyl (C=O) groups is 1. The molecule has 0 atom stereocenters. The van der Waals surface area contributed by atoms with Crippen LogP contribution in [0.5, 0.6) is 0 Å². The molecule has 2 N–H and O–H groups in total. The summed E-state index contributed by atoms with van der Waals surface area (Å²) < 4.78 is 0. The molecule has 2 heterocycles. The van der Waals surface area contributed by atoms with E-state index >= 15 is 0 Å². The molecular weight excluding hydrogens is 240 g/mol. The molecule has 0 radical (unpaired) electrons. The highest BCUT2D eigenvalue weighted by Crippen LogP contribution is 2.25. The fourth-order valence-corrected chi connectivity index (χ4v) is 2.16. The van der Waals surface area contributed by atoms with Crippen molar-refractivity contribution in [2.75, 3.05) is 0 Å². The van der Waals surface area contributed by atoms with Crippen LogP contribution in [0.1, 0.15) is 15.9 Å². The third-order valence-corrected chi connectivity index (χ3v) is 3.16. The summed E-state index contributed by atoms with van der Waals surface area (Å²) in [5.74, 6) is -0.948. The summed E-state index contributed by atoms with van der Waals surface area (Å²) in [5.41, 5.74) is 3.90. The van der Waals surface area contributed by atoms with Crippen LogP contribution >= 0.6 is 0 Å². The zero-order chi connectivity index (χ0) is 13.4. The van der Waals surface area contributed by atoms with Gasteiger partial charge in [-0.2, -0.15) is 0 Å². The van der Waals surface area contributed by atoms with E-state index in [1.54, 1.807) is 6.07 Å². The zero-order valence-electron chi connectivity index (χ0n) is 10.3. The minimum Gasteiger partial charge on any atom is -0.478 e. The van der Waals surface area contributed by atoms with Gasteiger partial charge < -0.3 is 10.1 Å². The van der Waals surface area contributed by atoms with Crippen molar-refractivity contribution in [2.45, 2.75) is 6.92 Å². The highest BCUT2D eigenvalue weighted by atomic mass is 16.4. The maximum absolute atomic E-state index is 11.0. The van der Waals surface area contributed by atoms with Gasteiger partial charge in [0.2, 0.25) is 0 Å². The Bertz CT molecular complexity index is 775. The third kappa shape index (κ3) is 1.97. The molecule has 0 saturated carbocycles. The summed E-state index contributed by atoms with van der Waals surface area (Å²) in [7, 11) is 0. The van der Waals surface area contributed by atoms with E-state index in [9.17, 15) is 4.79 Å². The number of nitrogens with zero attached hydrogens (tertiary/aromatic N) is 1. The average molecular weight is 252 g/mol. The molecule has 0 unspecified atom stereocenters. The molecule has 0 aliphatic heterocycles. The van der Waals surface area contributed by atoms with Gasteiger partial charge in [-0.1, -0.05) is 12.1 Å². The second kappa shape index (κ2) is 4.24. The average Bonchev–Trinajstić information content (AvgIpc) is 2.84. The van der Waals surface area contributed by atoms with Crippen LogP contribution in [0.2, 0.25) is 0 Å². The standard InChI is InChI=1S/C15H12N2O2/c1-9-3-2-4-12-11(9)8-14(17-12)13-7-10(15(18)19)5-6-16-13/h2-8,17H,1H3,(H,18,19). The van der Waals surface area contributed by atoms with E-state index in [-0.39, 0.29) is 5.56 Å². The fraction of sp³-hybridized carbons (Fsp3) is 0.0667. The summed E-state index contributed by atoms with van der Waals surface area (Å²) >= 11 is 0.